The number of aliphatic imine (C=N–C) groups is 1. The van der Waals surface area contributed by atoms with Gasteiger partial charge in [-0.1, -0.05) is 12.1 Å². The highest BCUT2D eigenvalue weighted by atomic mass is 127. The third-order valence-corrected chi connectivity index (χ3v) is 5.03. The minimum atomic E-state index is -3.52. The first-order chi connectivity index (χ1) is 12.4. The Labute approximate surface area is 174 Å². The molecule has 0 saturated carbocycles. The maximum atomic E-state index is 13.6. The van der Waals surface area contributed by atoms with Gasteiger partial charge in [0, 0.05) is 25.7 Å². The fourth-order valence-corrected chi connectivity index (χ4v) is 3.00. The fourth-order valence-electron chi connectivity index (χ4n) is 2.20. The molecule has 0 amide bonds. The van der Waals surface area contributed by atoms with Crippen molar-refractivity contribution in [3.63, 3.8) is 0 Å². The first-order valence-corrected chi connectivity index (χ1v) is 9.25. The molecule has 0 spiro atoms. The Kier molecular flexibility index (Phi) is 9.06. The standard InChI is InChI=1S/C17H20F2N4O2S.HI/c1-20-17(23-11-13-9-14(18)6-7-16(13)19)22-10-12-4-3-5-15(8-12)26(24,25)21-2;/h3-9,21H,10-11H2,1-2H3,(H2,20,22,23);1H. The summed E-state index contributed by atoms with van der Waals surface area (Å²) < 4.78 is 52.8. The molecule has 0 aliphatic carbocycles. The zero-order valence-electron chi connectivity index (χ0n) is 14.8. The highest BCUT2D eigenvalue weighted by molar-refractivity contribution is 14.0. The van der Waals surface area contributed by atoms with Crippen molar-refractivity contribution in [2.45, 2.75) is 18.0 Å². The lowest BCUT2D eigenvalue weighted by atomic mass is 10.2. The summed E-state index contributed by atoms with van der Waals surface area (Å²) in [4.78, 5) is 4.16. The van der Waals surface area contributed by atoms with Crippen molar-refractivity contribution >= 4 is 40.0 Å². The van der Waals surface area contributed by atoms with Gasteiger partial charge in [0.25, 0.3) is 0 Å². The molecule has 0 atom stereocenters. The van der Waals surface area contributed by atoms with Gasteiger partial charge in [0.15, 0.2) is 5.96 Å². The average Bonchev–Trinajstić information content (AvgIpc) is 2.64. The Hall–Kier alpha value is -1.79. The highest BCUT2D eigenvalue weighted by Crippen LogP contribution is 2.11. The van der Waals surface area contributed by atoms with Gasteiger partial charge in [-0.15, -0.1) is 24.0 Å². The van der Waals surface area contributed by atoms with Gasteiger partial charge < -0.3 is 10.6 Å². The first kappa shape index (κ1) is 23.2. The lowest BCUT2D eigenvalue weighted by Gasteiger charge is -2.13. The molecule has 0 fully saturated rings. The van der Waals surface area contributed by atoms with E-state index in [1.165, 1.54) is 13.1 Å². The summed E-state index contributed by atoms with van der Waals surface area (Å²) in [5, 5.41) is 5.88. The van der Waals surface area contributed by atoms with E-state index in [1.807, 2.05) is 0 Å². The number of sulfonamides is 1. The molecule has 0 saturated heterocycles. The number of guanidine groups is 1. The summed E-state index contributed by atoms with van der Waals surface area (Å²) in [6.07, 6.45) is 0. The third kappa shape index (κ3) is 6.70. The van der Waals surface area contributed by atoms with Crippen molar-refractivity contribution in [2.75, 3.05) is 14.1 Å². The van der Waals surface area contributed by atoms with E-state index in [2.05, 4.69) is 20.3 Å². The van der Waals surface area contributed by atoms with Gasteiger partial charge in [0.2, 0.25) is 10.0 Å². The van der Waals surface area contributed by atoms with Crippen LogP contribution in [0.25, 0.3) is 0 Å². The Morgan fingerprint density at radius 2 is 1.78 bits per heavy atom. The molecule has 6 nitrogen and oxygen atoms in total. The molecule has 0 bridgehead atoms. The fraction of sp³-hybridized carbons (Fsp3) is 0.235. The van der Waals surface area contributed by atoms with Crippen LogP contribution in [0.1, 0.15) is 11.1 Å². The van der Waals surface area contributed by atoms with Crippen molar-refractivity contribution in [3.05, 3.63) is 65.2 Å². The van der Waals surface area contributed by atoms with Crippen LogP contribution in [0.2, 0.25) is 0 Å². The molecule has 0 aromatic heterocycles. The van der Waals surface area contributed by atoms with E-state index < -0.39 is 21.7 Å². The molecule has 148 valence electrons. The highest BCUT2D eigenvalue weighted by Gasteiger charge is 2.11. The Bertz CT molecular complexity index is 908. The molecule has 10 heteroatoms. The minimum Gasteiger partial charge on any atom is -0.352 e. The molecule has 0 radical (unpaired) electrons. The summed E-state index contributed by atoms with van der Waals surface area (Å²) in [7, 11) is -0.635. The lowest BCUT2D eigenvalue weighted by Crippen LogP contribution is -2.36. The van der Waals surface area contributed by atoms with E-state index in [0.29, 0.717) is 12.5 Å². The monoisotopic (exact) mass is 510 g/mol. The van der Waals surface area contributed by atoms with Gasteiger partial charge in [-0.25, -0.2) is 21.9 Å². The topological polar surface area (TPSA) is 82.6 Å². The van der Waals surface area contributed by atoms with E-state index in [4.69, 9.17) is 0 Å². The van der Waals surface area contributed by atoms with Crippen LogP contribution in [0.4, 0.5) is 8.78 Å². The number of nitrogens with one attached hydrogen (secondary N) is 3. The van der Waals surface area contributed by atoms with Crippen molar-refractivity contribution in [2.24, 2.45) is 4.99 Å². The van der Waals surface area contributed by atoms with Crippen molar-refractivity contribution in [1.82, 2.24) is 15.4 Å². The Morgan fingerprint density at radius 3 is 2.44 bits per heavy atom. The summed E-state index contributed by atoms with van der Waals surface area (Å²) in [6, 6.07) is 9.67. The van der Waals surface area contributed by atoms with Crippen LogP contribution in [-0.4, -0.2) is 28.5 Å². The van der Waals surface area contributed by atoms with Gasteiger partial charge in [0.1, 0.15) is 11.6 Å². The predicted octanol–water partition coefficient (Wildman–Crippen LogP) is 2.36. The molecule has 3 N–H and O–H groups in total. The van der Waals surface area contributed by atoms with Crippen LogP contribution in [0, 0.1) is 11.6 Å². The first-order valence-electron chi connectivity index (χ1n) is 7.76. The van der Waals surface area contributed by atoms with Gasteiger partial charge in [-0.2, -0.15) is 0 Å². The summed E-state index contributed by atoms with van der Waals surface area (Å²) in [6.45, 7) is 0.357. The maximum absolute atomic E-state index is 13.6. The summed E-state index contributed by atoms with van der Waals surface area (Å²) >= 11 is 0. The van der Waals surface area contributed by atoms with Crippen molar-refractivity contribution in [3.8, 4) is 0 Å². The van der Waals surface area contributed by atoms with Crippen LogP contribution in [0.15, 0.2) is 52.4 Å². The molecule has 2 aromatic rings. The average molecular weight is 510 g/mol. The quantitative estimate of drug-likeness (QED) is 0.317. The van der Waals surface area contributed by atoms with Crippen molar-refractivity contribution in [1.29, 1.82) is 0 Å². The lowest BCUT2D eigenvalue weighted by molar-refractivity contribution is 0.581. The van der Waals surface area contributed by atoms with E-state index in [9.17, 15) is 17.2 Å². The maximum Gasteiger partial charge on any atom is 0.240 e. The normalized spacial score (nSPS) is 11.6. The van der Waals surface area contributed by atoms with Crippen LogP contribution in [-0.2, 0) is 23.1 Å². The molecule has 0 heterocycles. The number of hydrogen-bond acceptors (Lipinski definition) is 3. The van der Waals surface area contributed by atoms with Crippen molar-refractivity contribution < 1.29 is 17.2 Å². The molecule has 2 aromatic carbocycles. The van der Waals surface area contributed by atoms with Crippen LogP contribution in [0.5, 0.6) is 0 Å². The third-order valence-electron chi connectivity index (χ3n) is 3.62. The van der Waals surface area contributed by atoms with Crippen LogP contribution >= 0.6 is 24.0 Å². The molecule has 0 aliphatic rings. The van der Waals surface area contributed by atoms with E-state index in [0.717, 1.165) is 23.8 Å². The molecular weight excluding hydrogens is 489 g/mol. The predicted molar refractivity (Wildman–Crippen MR) is 111 cm³/mol. The second-order valence-corrected chi connectivity index (χ2v) is 7.26. The summed E-state index contributed by atoms with van der Waals surface area (Å²) in [5.74, 6) is -0.663. The number of halogens is 3. The Balaban J connectivity index is 0.00000364. The molecule has 2 rings (SSSR count). The molecule has 0 aliphatic heterocycles. The second-order valence-electron chi connectivity index (χ2n) is 5.37. The van der Waals surface area contributed by atoms with Gasteiger partial charge >= 0.3 is 0 Å². The van der Waals surface area contributed by atoms with E-state index >= 15 is 0 Å². The molecule has 27 heavy (non-hydrogen) atoms. The minimum absolute atomic E-state index is 0. The summed E-state index contributed by atoms with van der Waals surface area (Å²) in [5.41, 5.74) is 0.899. The molecule has 0 unspecified atom stereocenters. The van der Waals surface area contributed by atoms with Gasteiger partial charge in [0.05, 0.1) is 4.90 Å². The zero-order valence-corrected chi connectivity index (χ0v) is 17.9. The smallest absolute Gasteiger partial charge is 0.240 e. The Morgan fingerprint density at radius 1 is 1.07 bits per heavy atom. The van der Waals surface area contributed by atoms with E-state index in [1.54, 1.807) is 25.2 Å². The SMILES string of the molecule is CN=C(NCc1cccc(S(=O)(=O)NC)c1)NCc1cc(F)ccc1F.I. The number of nitrogens with zero attached hydrogens (tertiary/aromatic N) is 1. The zero-order chi connectivity index (χ0) is 19.2. The number of hydrogen-bond donors (Lipinski definition) is 3. The number of benzene rings is 2. The van der Waals surface area contributed by atoms with Gasteiger partial charge in [-0.05, 0) is 42.9 Å². The van der Waals surface area contributed by atoms with Crippen LogP contribution in [0.3, 0.4) is 0 Å². The molecular formula is C17H21F2IN4O2S. The largest absolute Gasteiger partial charge is 0.352 e. The van der Waals surface area contributed by atoms with E-state index in [-0.39, 0.29) is 41.0 Å². The number of rotatable bonds is 6. The van der Waals surface area contributed by atoms with Gasteiger partial charge in [-0.3, -0.25) is 4.99 Å². The van der Waals surface area contributed by atoms with Crippen LogP contribution < -0.4 is 15.4 Å². The second kappa shape index (κ2) is 10.5.